The molecule has 0 bridgehead atoms. The molecule has 1 amide bonds. The molecule has 0 heterocycles. The van der Waals surface area contributed by atoms with E-state index in [1.165, 1.54) is 19.3 Å². The number of nitrogens with two attached hydrogens (primary N) is 1. The third kappa shape index (κ3) is 3.20. The Hall–Kier alpha value is -0.570. The summed E-state index contributed by atoms with van der Waals surface area (Å²) >= 11 is 0. The van der Waals surface area contributed by atoms with Gasteiger partial charge in [0.2, 0.25) is 5.91 Å². The van der Waals surface area contributed by atoms with Crippen LogP contribution in [0.15, 0.2) is 0 Å². The Morgan fingerprint density at radius 2 is 1.93 bits per heavy atom. The lowest BCUT2D eigenvalue weighted by molar-refractivity contribution is -0.120. The van der Waals surface area contributed by atoms with Crippen LogP contribution >= 0.6 is 0 Å². The largest absolute Gasteiger partial charge is 0.368 e. The normalized spacial score (nSPS) is 33.7. The van der Waals surface area contributed by atoms with Crippen LogP contribution in [-0.2, 0) is 4.79 Å². The Morgan fingerprint density at radius 1 is 1.40 bits per heavy atom. The summed E-state index contributed by atoms with van der Waals surface area (Å²) in [6.07, 6.45) is 4.62. The minimum atomic E-state index is -0.220. The SMILES string of the molecule is CCC(NC1C(C)CCCC1C)C(N)=O. The van der Waals surface area contributed by atoms with E-state index in [0.717, 1.165) is 6.42 Å². The average molecular weight is 212 g/mol. The highest BCUT2D eigenvalue weighted by atomic mass is 16.1. The smallest absolute Gasteiger partial charge is 0.234 e. The van der Waals surface area contributed by atoms with E-state index in [0.29, 0.717) is 17.9 Å². The fourth-order valence-corrected chi connectivity index (χ4v) is 2.64. The molecule has 0 aromatic carbocycles. The van der Waals surface area contributed by atoms with E-state index in [1.54, 1.807) is 0 Å². The second-order valence-corrected chi connectivity index (χ2v) is 4.94. The molecule has 3 N–H and O–H groups in total. The van der Waals surface area contributed by atoms with Crippen molar-refractivity contribution in [3.63, 3.8) is 0 Å². The number of rotatable bonds is 4. The van der Waals surface area contributed by atoms with Crippen molar-refractivity contribution in [3.8, 4) is 0 Å². The van der Waals surface area contributed by atoms with Crippen molar-refractivity contribution in [2.45, 2.75) is 58.5 Å². The lowest BCUT2D eigenvalue weighted by Gasteiger charge is -2.37. The summed E-state index contributed by atoms with van der Waals surface area (Å²) in [5.41, 5.74) is 5.35. The van der Waals surface area contributed by atoms with E-state index in [1.807, 2.05) is 6.92 Å². The van der Waals surface area contributed by atoms with Gasteiger partial charge in [0.1, 0.15) is 0 Å². The Labute approximate surface area is 92.8 Å². The van der Waals surface area contributed by atoms with Gasteiger partial charge in [-0.15, -0.1) is 0 Å². The van der Waals surface area contributed by atoms with E-state index in [2.05, 4.69) is 19.2 Å². The Balaban J connectivity index is 2.56. The summed E-state index contributed by atoms with van der Waals surface area (Å²) in [6.45, 7) is 6.53. The maximum absolute atomic E-state index is 11.2. The molecule has 3 atom stereocenters. The molecule has 1 fully saturated rings. The molecule has 15 heavy (non-hydrogen) atoms. The number of carbonyl (C=O) groups is 1. The van der Waals surface area contributed by atoms with Crippen molar-refractivity contribution in [2.24, 2.45) is 17.6 Å². The molecule has 1 aliphatic carbocycles. The topological polar surface area (TPSA) is 55.1 Å². The molecule has 3 heteroatoms. The third-order valence-corrected chi connectivity index (χ3v) is 3.69. The maximum atomic E-state index is 11.2. The van der Waals surface area contributed by atoms with Crippen molar-refractivity contribution in [2.75, 3.05) is 0 Å². The first kappa shape index (κ1) is 12.5. The van der Waals surface area contributed by atoms with E-state index in [-0.39, 0.29) is 11.9 Å². The van der Waals surface area contributed by atoms with Crippen LogP contribution in [0.4, 0.5) is 0 Å². The van der Waals surface area contributed by atoms with E-state index in [4.69, 9.17) is 5.73 Å². The van der Waals surface area contributed by atoms with Crippen molar-refractivity contribution in [1.82, 2.24) is 5.32 Å². The zero-order chi connectivity index (χ0) is 11.4. The molecule has 1 rings (SSSR count). The van der Waals surface area contributed by atoms with Crippen LogP contribution < -0.4 is 11.1 Å². The van der Waals surface area contributed by atoms with Crippen molar-refractivity contribution < 1.29 is 4.79 Å². The van der Waals surface area contributed by atoms with Crippen LogP contribution in [0.3, 0.4) is 0 Å². The van der Waals surface area contributed by atoms with Gasteiger partial charge in [-0.1, -0.05) is 27.2 Å². The number of carbonyl (C=O) groups excluding carboxylic acids is 1. The summed E-state index contributed by atoms with van der Waals surface area (Å²) in [5, 5.41) is 3.43. The number of hydrogen-bond acceptors (Lipinski definition) is 2. The number of amides is 1. The summed E-state index contributed by atoms with van der Waals surface area (Å²) in [6, 6.07) is 0.300. The molecule has 1 saturated carbocycles. The standard InChI is InChI=1S/C12H24N2O/c1-4-10(12(13)15)14-11-8(2)6-5-7-9(11)3/h8-11,14H,4-7H2,1-3H3,(H2,13,15). The Bertz CT molecular complexity index is 208. The maximum Gasteiger partial charge on any atom is 0.234 e. The number of nitrogens with one attached hydrogen (secondary N) is 1. The van der Waals surface area contributed by atoms with Gasteiger partial charge in [0.25, 0.3) is 0 Å². The predicted octanol–water partition coefficient (Wildman–Crippen LogP) is 1.66. The molecule has 0 aromatic heterocycles. The van der Waals surface area contributed by atoms with Gasteiger partial charge in [-0.25, -0.2) is 0 Å². The zero-order valence-corrected chi connectivity index (χ0v) is 10.1. The second kappa shape index (κ2) is 5.50. The fraction of sp³-hybridized carbons (Fsp3) is 0.917. The van der Waals surface area contributed by atoms with Crippen LogP contribution in [0.5, 0.6) is 0 Å². The van der Waals surface area contributed by atoms with Crippen LogP contribution in [0, 0.1) is 11.8 Å². The zero-order valence-electron chi connectivity index (χ0n) is 10.1. The molecule has 88 valence electrons. The molecule has 0 aromatic rings. The summed E-state index contributed by atoms with van der Waals surface area (Å²) in [7, 11) is 0. The molecule has 3 nitrogen and oxygen atoms in total. The first-order valence-corrected chi connectivity index (χ1v) is 6.11. The van der Waals surface area contributed by atoms with Gasteiger partial charge in [-0.3, -0.25) is 4.79 Å². The summed E-state index contributed by atoms with van der Waals surface area (Å²) in [4.78, 5) is 11.2. The van der Waals surface area contributed by atoms with Crippen molar-refractivity contribution in [3.05, 3.63) is 0 Å². The predicted molar refractivity (Wildman–Crippen MR) is 62.4 cm³/mol. The van der Waals surface area contributed by atoms with Crippen molar-refractivity contribution in [1.29, 1.82) is 0 Å². The van der Waals surface area contributed by atoms with Gasteiger partial charge in [0, 0.05) is 6.04 Å². The number of primary amides is 1. The quantitative estimate of drug-likeness (QED) is 0.744. The first-order chi connectivity index (χ1) is 7.06. The molecule has 0 spiro atoms. The molecule has 0 aliphatic heterocycles. The molecule has 1 aliphatic rings. The number of hydrogen-bond donors (Lipinski definition) is 2. The highest BCUT2D eigenvalue weighted by molar-refractivity contribution is 5.79. The van der Waals surface area contributed by atoms with Crippen LogP contribution in [-0.4, -0.2) is 18.0 Å². The minimum Gasteiger partial charge on any atom is -0.368 e. The highest BCUT2D eigenvalue weighted by Gasteiger charge is 2.30. The lowest BCUT2D eigenvalue weighted by atomic mass is 9.78. The van der Waals surface area contributed by atoms with Gasteiger partial charge in [-0.05, 0) is 31.1 Å². The average Bonchev–Trinajstić information content (AvgIpc) is 2.17. The van der Waals surface area contributed by atoms with Gasteiger partial charge < -0.3 is 11.1 Å². The molecule has 3 unspecified atom stereocenters. The van der Waals surface area contributed by atoms with Crippen LogP contribution in [0.1, 0.15) is 46.5 Å². The molecule has 0 radical (unpaired) electrons. The molecular formula is C12H24N2O. The van der Waals surface area contributed by atoms with Crippen molar-refractivity contribution >= 4 is 5.91 Å². The third-order valence-electron chi connectivity index (χ3n) is 3.69. The fourth-order valence-electron chi connectivity index (χ4n) is 2.64. The van der Waals surface area contributed by atoms with Crippen LogP contribution in [0.25, 0.3) is 0 Å². The van der Waals surface area contributed by atoms with E-state index >= 15 is 0 Å². The molecule has 0 saturated heterocycles. The first-order valence-electron chi connectivity index (χ1n) is 6.11. The summed E-state index contributed by atoms with van der Waals surface area (Å²) in [5.74, 6) is 1.09. The lowest BCUT2D eigenvalue weighted by Crippen LogP contribution is -2.52. The van der Waals surface area contributed by atoms with Gasteiger partial charge >= 0.3 is 0 Å². The van der Waals surface area contributed by atoms with Crippen LogP contribution in [0.2, 0.25) is 0 Å². The molecular weight excluding hydrogens is 188 g/mol. The van der Waals surface area contributed by atoms with Gasteiger partial charge in [-0.2, -0.15) is 0 Å². The Morgan fingerprint density at radius 3 is 2.33 bits per heavy atom. The van der Waals surface area contributed by atoms with Gasteiger partial charge in [0.05, 0.1) is 6.04 Å². The van der Waals surface area contributed by atoms with Gasteiger partial charge in [0.15, 0.2) is 0 Å². The monoisotopic (exact) mass is 212 g/mol. The Kier molecular flexibility index (Phi) is 4.58. The highest BCUT2D eigenvalue weighted by Crippen LogP contribution is 2.29. The summed E-state index contributed by atoms with van der Waals surface area (Å²) < 4.78 is 0. The minimum absolute atomic E-state index is 0.155. The van der Waals surface area contributed by atoms with E-state index in [9.17, 15) is 4.79 Å². The van der Waals surface area contributed by atoms with E-state index < -0.39 is 0 Å². The second-order valence-electron chi connectivity index (χ2n) is 4.94.